The highest BCUT2D eigenvalue weighted by atomic mass is 32.2. The fourth-order valence-corrected chi connectivity index (χ4v) is 4.37. The summed E-state index contributed by atoms with van der Waals surface area (Å²) in [5.74, 6) is 0.281. The molecule has 2 N–H and O–H groups in total. The molecular weight excluding hydrogens is 366 g/mol. The fourth-order valence-electron chi connectivity index (χ4n) is 2.93. The van der Waals surface area contributed by atoms with Crippen molar-refractivity contribution in [3.63, 3.8) is 0 Å². The molecule has 2 rings (SSSR count). The minimum atomic E-state index is -3.58. The quantitative estimate of drug-likeness (QED) is 0.632. The molecule has 0 aliphatic carbocycles. The van der Waals surface area contributed by atoms with Crippen molar-refractivity contribution in [2.75, 3.05) is 32.7 Å². The number of nitrogens with zero attached hydrogens (tertiary/aromatic N) is 1. The van der Waals surface area contributed by atoms with Gasteiger partial charge in [-0.05, 0) is 31.9 Å². The largest absolute Gasteiger partial charge is 0.348 e. The molecule has 1 fully saturated rings. The molecular formula is C19H30N3O4S+. The van der Waals surface area contributed by atoms with Gasteiger partial charge in [0.1, 0.15) is 0 Å². The molecule has 1 aliphatic heterocycles. The molecule has 0 bridgehead atoms. The van der Waals surface area contributed by atoms with Crippen molar-refractivity contribution in [1.29, 1.82) is 0 Å². The Morgan fingerprint density at radius 2 is 1.67 bits per heavy atom. The minimum absolute atomic E-state index is 0.00216. The maximum Gasteiger partial charge on any atom is 0.275 e. The molecule has 0 aromatic heterocycles. The van der Waals surface area contributed by atoms with E-state index in [9.17, 15) is 18.0 Å². The molecule has 1 amide bonds. The van der Waals surface area contributed by atoms with Gasteiger partial charge >= 0.3 is 0 Å². The zero-order valence-corrected chi connectivity index (χ0v) is 17.3. The molecule has 150 valence electrons. The molecule has 0 spiro atoms. The van der Waals surface area contributed by atoms with E-state index in [2.05, 4.69) is 19.2 Å². The van der Waals surface area contributed by atoms with E-state index in [1.54, 1.807) is 0 Å². The van der Waals surface area contributed by atoms with Gasteiger partial charge < -0.3 is 10.2 Å². The molecule has 1 aromatic rings. The summed E-state index contributed by atoms with van der Waals surface area (Å²) in [5, 5.41) is 2.99. The molecule has 1 saturated heterocycles. The van der Waals surface area contributed by atoms with E-state index < -0.39 is 10.0 Å². The van der Waals surface area contributed by atoms with Crippen LogP contribution in [0.1, 0.15) is 38.1 Å². The van der Waals surface area contributed by atoms with E-state index in [-0.39, 0.29) is 22.6 Å². The average molecular weight is 397 g/mol. The van der Waals surface area contributed by atoms with E-state index in [1.165, 1.54) is 35.5 Å². The topological polar surface area (TPSA) is 88.0 Å². The smallest absolute Gasteiger partial charge is 0.275 e. The average Bonchev–Trinajstić information content (AvgIpc) is 2.62. The number of amides is 1. The number of sulfonamides is 1. The van der Waals surface area contributed by atoms with Gasteiger partial charge in [0.2, 0.25) is 10.0 Å². The van der Waals surface area contributed by atoms with E-state index in [0.29, 0.717) is 44.2 Å². The van der Waals surface area contributed by atoms with Gasteiger partial charge in [0, 0.05) is 11.6 Å². The Kier molecular flexibility index (Phi) is 7.13. The van der Waals surface area contributed by atoms with Gasteiger partial charge in [-0.3, -0.25) is 9.59 Å². The van der Waals surface area contributed by atoms with Crippen molar-refractivity contribution in [3.8, 4) is 0 Å². The van der Waals surface area contributed by atoms with Crippen LogP contribution in [-0.2, 0) is 14.8 Å². The van der Waals surface area contributed by atoms with E-state index >= 15 is 0 Å². The van der Waals surface area contributed by atoms with Crippen LogP contribution in [0.2, 0.25) is 0 Å². The number of hydrogen-bond acceptors (Lipinski definition) is 4. The van der Waals surface area contributed by atoms with Crippen molar-refractivity contribution < 1.29 is 22.9 Å². The first kappa shape index (κ1) is 21.5. The maximum atomic E-state index is 12.8. The molecule has 0 radical (unpaired) electrons. The fraction of sp³-hybridized carbons (Fsp3) is 0.579. The first-order valence-corrected chi connectivity index (χ1v) is 10.8. The summed E-state index contributed by atoms with van der Waals surface area (Å²) in [6, 6.07) is 6.16. The standard InChI is InChI=1S/C19H29N3O4S/c1-14(2)15(3)20-19(24)13-21-9-11-22(12-10-21)27(25,26)18-7-5-17(6-8-18)16(4)23/h5-8,14-15H,9-13H2,1-4H3,(H,20,24)/p+1/t15-/m1/s1. The number of hydrogen-bond donors (Lipinski definition) is 2. The van der Waals surface area contributed by atoms with E-state index in [4.69, 9.17) is 0 Å². The number of carbonyl (C=O) groups excluding carboxylic acids is 2. The molecule has 27 heavy (non-hydrogen) atoms. The zero-order chi connectivity index (χ0) is 20.2. The van der Waals surface area contributed by atoms with Crippen molar-refractivity contribution >= 4 is 21.7 Å². The number of piperazine rings is 1. The highest BCUT2D eigenvalue weighted by Crippen LogP contribution is 2.16. The number of carbonyl (C=O) groups is 2. The molecule has 7 nitrogen and oxygen atoms in total. The van der Waals surface area contributed by atoms with Crippen molar-refractivity contribution in [2.45, 2.75) is 38.6 Å². The third-order valence-corrected chi connectivity index (χ3v) is 7.04. The predicted molar refractivity (Wildman–Crippen MR) is 103 cm³/mol. The zero-order valence-electron chi connectivity index (χ0n) is 16.5. The third kappa shape index (κ3) is 5.60. The molecule has 1 aromatic carbocycles. The summed E-state index contributed by atoms with van der Waals surface area (Å²) in [6.07, 6.45) is 0. The van der Waals surface area contributed by atoms with Crippen LogP contribution in [-0.4, -0.2) is 63.2 Å². The minimum Gasteiger partial charge on any atom is -0.348 e. The van der Waals surface area contributed by atoms with Crippen LogP contribution in [0.25, 0.3) is 0 Å². The number of quaternary nitrogens is 1. The van der Waals surface area contributed by atoms with Crippen LogP contribution in [0.5, 0.6) is 0 Å². The second-order valence-corrected chi connectivity index (χ2v) is 9.45. The Bertz CT molecular complexity index is 767. The highest BCUT2D eigenvalue weighted by molar-refractivity contribution is 7.89. The molecule has 0 saturated carbocycles. The lowest BCUT2D eigenvalue weighted by atomic mass is 10.1. The maximum absolute atomic E-state index is 12.8. The van der Waals surface area contributed by atoms with Gasteiger partial charge in [-0.25, -0.2) is 8.42 Å². The number of ketones is 1. The Labute approximate surface area is 161 Å². The third-order valence-electron chi connectivity index (χ3n) is 5.13. The summed E-state index contributed by atoms with van der Waals surface area (Å²) >= 11 is 0. The molecule has 1 heterocycles. The normalized spacial score (nSPS) is 17.7. The Morgan fingerprint density at radius 3 is 2.15 bits per heavy atom. The van der Waals surface area contributed by atoms with Gasteiger partial charge in [-0.1, -0.05) is 26.0 Å². The highest BCUT2D eigenvalue weighted by Gasteiger charge is 2.31. The van der Waals surface area contributed by atoms with Crippen molar-refractivity contribution in [2.24, 2.45) is 5.92 Å². The first-order chi connectivity index (χ1) is 12.6. The van der Waals surface area contributed by atoms with Gasteiger partial charge in [-0.15, -0.1) is 0 Å². The van der Waals surface area contributed by atoms with Crippen LogP contribution in [0.4, 0.5) is 0 Å². The van der Waals surface area contributed by atoms with Crippen LogP contribution in [0.15, 0.2) is 29.2 Å². The van der Waals surface area contributed by atoms with Crippen LogP contribution in [0.3, 0.4) is 0 Å². The summed E-state index contributed by atoms with van der Waals surface area (Å²) in [7, 11) is -3.58. The molecule has 8 heteroatoms. The lowest BCUT2D eigenvalue weighted by Gasteiger charge is -2.31. The monoisotopic (exact) mass is 396 g/mol. The Morgan fingerprint density at radius 1 is 1.11 bits per heavy atom. The Hall–Kier alpha value is -1.77. The van der Waals surface area contributed by atoms with Gasteiger partial charge in [0.05, 0.1) is 31.1 Å². The van der Waals surface area contributed by atoms with E-state index in [0.717, 1.165) is 4.90 Å². The van der Waals surface area contributed by atoms with E-state index in [1.807, 2.05) is 6.92 Å². The molecule has 1 aliphatic rings. The lowest BCUT2D eigenvalue weighted by Crippen LogP contribution is -3.15. The van der Waals surface area contributed by atoms with Gasteiger partial charge in [0.25, 0.3) is 5.91 Å². The number of rotatable bonds is 7. The summed E-state index contributed by atoms with van der Waals surface area (Å²) < 4.78 is 27.0. The molecule has 1 atom stereocenters. The van der Waals surface area contributed by atoms with Crippen LogP contribution < -0.4 is 10.2 Å². The van der Waals surface area contributed by atoms with Crippen molar-refractivity contribution in [3.05, 3.63) is 29.8 Å². The summed E-state index contributed by atoms with van der Waals surface area (Å²) in [6.45, 7) is 9.84. The lowest BCUT2D eigenvalue weighted by molar-refractivity contribution is -0.895. The predicted octanol–water partition coefficient (Wildman–Crippen LogP) is -0.0609. The van der Waals surface area contributed by atoms with Crippen molar-refractivity contribution in [1.82, 2.24) is 9.62 Å². The summed E-state index contributed by atoms with van der Waals surface area (Å²) in [5.41, 5.74) is 0.491. The Balaban J connectivity index is 1.92. The first-order valence-electron chi connectivity index (χ1n) is 9.35. The molecule has 0 unspecified atom stereocenters. The van der Waals surface area contributed by atoms with Crippen LogP contribution >= 0.6 is 0 Å². The number of benzene rings is 1. The SMILES string of the molecule is CC(=O)c1ccc(S(=O)(=O)N2CC[NH+](CC(=O)N[C@H](C)C(C)C)CC2)cc1. The van der Waals surface area contributed by atoms with Gasteiger partial charge in [-0.2, -0.15) is 4.31 Å². The number of nitrogens with one attached hydrogen (secondary N) is 2. The number of Topliss-reactive ketones (excluding diaryl/α,β-unsaturated/α-hetero) is 1. The van der Waals surface area contributed by atoms with Gasteiger partial charge in [0.15, 0.2) is 12.3 Å². The van der Waals surface area contributed by atoms with Crippen LogP contribution in [0, 0.1) is 5.92 Å². The second-order valence-electron chi connectivity index (χ2n) is 7.51. The second kappa shape index (κ2) is 8.95. The summed E-state index contributed by atoms with van der Waals surface area (Å²) in [4.78, 5) is 24.7.